The average Bonchev–Trinajstić information content (AvgIpc) is 2.88. The molecule has 7 nitrogen and oxygen atoms in total. The number of hydrogen-bond donors (Lipinski definition) is 2. The number of methoxy groups -OCH3 is 1. The summed E-state index contributed by atoms with van der Waals surface area (Å²) < 4.78 is 10.00. The van der Waals surface area contributed by atoms with E-state index in [1.54, 1.807) is 31.2 Å². The molecule has 2 aromatic rings. The number of alkyl carbamates (subject to hydrolysis) is 1. The Morgan fingerprint density at radius 1 is 1.10 bits per heavy atom. The largest absolute Gasteiger partial charge is 0.497 e. The van der Waals surface area contributed by atoms with E-state index in [-0.39, 0.29) is 12.5 Å². The van der Waals surface area contributed by atoms with Crippen LogP contribution in [0.3, 0.4) is 0 Å². The number of benzene rings is 1. The van der Waals surface area contributed by atoms with Gasteiger partial charge < -0.3 is 14.8 Å². The minimum absolute atomic E-state index is 0.167. The zero-order valence-electron chi connectivity index (χ0n) is 16.5. The summed E-state index contributed by atoms with van der Waals surface area (Å²) in [5.74, 6) is -0.325. The lowest BCUT2D eigenvalue weighted by Crippen LogP contribution is -2.32. The van der Waals surface area contributed by atoms with Crippen molar-refractivity contribution in [2.45, 2.75) is 39.0 Å². The molecule has 1 aliphatic rings. The Balaban J connectivity index is 1.91. The number of fused-ring (bicyclic) bond motifs is 1. The quantitative estimate of drug-likeness (QED) is 0.714. The van der Waals surface area contributed by atoms with E-state index in [2.05, 4.69) is 10.6 Å². The number of carbonyl (C=O) groups excluding carboxylic acids is 3. The highest BCUT2D eigenvalue weighted by Gasteiger charge is 2.27. The lowest BCUT2D eigenvalue weighted by atomic mass is 10.0. The number of carbonyl (C=O) groups is 3. The van der Waals surface area contributed by atoms with Gasteiger partial charge in [-0.1, -0.05) is 12.5 Å². The van der Waals surface area contributed by atoms with Gasteiger partial charge >= 0.3 is 6.09 Å². The van der Waals surface area contributed by atoms with Crippen LogP contribution in [-0.2, 0) is 17.6 Å². The van der Waals surface area contributed by atoms with E-state index in [9.17, 15) is 14.4 Å². The third-order valence-electron chi connectivity index (χ3n) is 4.70. The number of ether oxygens (including phenoxy) is 2. The highest BCUT2D eigenvalue weighted by atomic mass is 32.1. The van der Waals surface area contributed by atoms with Crippen molar-refractivity contribution < 1.29 is 23.9 Å². The lowest BCUT2D eigenvalue weighted by molar-refractivity contribution is 0.0925. The second-order valence-corrected chi connectivity index (χ2v) is 7.73. The Hall–Kier alpha value is -2.87. The molecule has 0 bridgehead atoms. The van der Waals surface area contributed by atoms with Crippen molar-refractivity contribution in [3.63, 3.8) is 0 Å². The fraction of sp³-hybridized carbons (Fsp3) is 0.381. The molecule has 0 saturated heterocycles. The second-order valence-electron chi connectivity index (χ2n) is 6.63. The molecule has 8 heteroatoms. The molecule has 1 aromatic heterocycles. The van der Waals surface area contributed by atoms with Gasteiger partial charge in [0.2, 0.25) is 0 Å². The van der Waals surface area contributed by atoms with Gasteiger partial charge in [-0.05, 0) is 56.4 Å². The van der Waals surface area contributed by atoms with Gasteiger partial charge in [0.15, 0.2) is 0 Å². The molecule has 29 heavy (non-hydrogen) atoms. The van der Waals surface area contributed by atoms with Crippen LogP contribution in [0.5, 0.6) is 5.75 Å². The summed E-state index contributed by atoms with van der Waals surface area (Å²) in [6, 6.07) is 6.79. The van der Waals surface area contributed by atoms with Gasteiger partial charge in [-0.2, -0.15) is 0 Å². The van der Waals surface area contributed by atoms with E-state index in [4.69, 9.17) is 9.47 Å². The maximum atomic E-state index is 12.8. The Kier molecular flexibility index (Phi) is 6.87. The summed E-state index contributed by atoms with van der Waals surface area (Å²) in [6.45, 7) is 1.83. The Bertz CT molecular complexity index is 922. The zero-order valence-corrected chi connectivity index (χ0v) is 17.3. The van der Waals surface area contributed by atoms with E-state index in [1.165, 1.54) is 18.4 Å². The van der Waals surface area contributed by atoms with Gasteiger partial charge in [0, 0.05) is 10.4 Å². The average molecular weight is 416 g/mol. The van der Waals surface area contributed by atoms with Crippen LogP contribution in [0.15, 0.2) is 24.3 Å². The summed E-state index contributed by atoms with van der Waals surface area (Å²) in [5.41, 5.74) is 1.69. The molecule has 154 valence electrons. The zero-order chi connectivity index (χ0) is 20.8. The van der Waals surface area contributed by atoms with Crippen LogP contribution < -0.4 is 15.4 Å². The molecular weight excluding hydrogens is 392 g/mol. The van der Waals surface area contributed by atoms with Gasteiger partial charge in [-0.3, -0.25) is 14.9 Å². The second kappa shape index (κ2) is 9.56. The number of anilines is 1. The third-order valence-corrected chi connectivity index (χ3v) is 5.91. The van der Waals surface area contributed by atoms with Gasteiger partial charge in [-0.25, -0.2) is 4.79 Å². The highest BCUT2D eigenvalue weighted by molar-refractivity contribution is 7.17. The summed E-state index contributed by atoms with van der Waals surface area (Å²) in [6.07, 6.45) is 3.89. The van der Waals surface area contributed by atoms with Crippen LogP contribution in [0.2, 0.25) is 0 Å². The smallest absolute Gasteiger partial charge is 0.414 e. The summed E-state index contributed by atoms with van der Waals surface area (Å²) in [4.78, 5) is 38.5. The molecule has 3 amide bonds. The van der Waals surface area contributed by atoms with Gasteiger partial charge in [0.1, 0.15) is 10.8 Å². The predicted molar refractivity (Wildman–Crippen MR) is 111 cm³/mol. The van der Waals surface area contributed by atoms with Crippen LogP contribution in [-0.4, -0.2) is 31.6 Å². The highest BCUT2D eigenvalue weighted by Crippen LogP contribution is 2.37. The molecule has 0 radical (unpaired) electrons. The molecule has 0 unspecified atom stereocenters. The Labute approximate surface area is 173 Å². The van der Waals surface area contributed by atoms with E-state index < -0.39 is 12.0 Å². The van der Waals surface area contributed by atoms with Crippen molar-refractivity contribution >= 4 is 34.2 Å². The van der Waals surface area contributed by atoms with Gasteiger partial charge in [-0.15, -0.1) is 11.3 Å². The first-order chi connectivity index (χ1) is 14.0. The number of nitrogens with one attached hydrogen (secondary N) is 2. The molecule has 3 rings (SSSR count). The van der Waals surface area contributed by atoms with Crippen LogP contribution in [0.1, 0.15) is 57.3 Å². The minimum Gasteiger partial charge on any atom is -0.497 e. The number of aryl methyl sites for hydroxylation is 1. The van der Waals surface area contributed by atoms with Crippen molar-refractivity contribution in [2.75, 3.05) is 19.0 Å². The number of thiophene rings is 1. The van der Waals surface area contributed by atoms with Crippen molar-refractivity contribution in [1.82, 2.24) is 5.32 Å². The van der Waals surface area contributed by atoms with Crippen molar-refractivity contribution in [3.8, 4) is 5.75 Å². The van der Waals surface area contributed by atoms with Crippen molar-refractivity contribution in [1.29, 1.82) is 0 Å². The fourth-order valence-electron chi connectivity index (χ4n) is 3.33. The normalized spacial score (nSPS) is 13.0. The van der Waals surface area contributed by atoms with Gasteiger partial charge in [0.25, 0.3) is 11.8 Å². The Morgan fingerprint density at radius 3 is 2.66 bits per heavy atom. The number of amides is 3. The maximum absolute atomic E-state index is 12.8. The SMILES string of the molecule is CCOC(=O)NC(=O)c1c(NC(=O)c2cccc(OC)c2)sc2c1CCCCC2. The standard InChI is InChI=1S/C21H24N2O5S/c1-3-28-21(26)23-19(25)17-15-10-5-4-6-11-16(15)29-20(17)22-18(24)13-8-7-9-14(12-13)27-2/h7-9,12H,3-6,10-11H2,1-2H3,(H,22,24)(H,23,25,26). The van der Waals surface area contributed by atoms with Crippen LogP contribution in [0.4, 0.5) is 9.80 Å². The molecule has 0 fully saturated rings. The topological polar surface area (TPSA) is 93.7 Å². The molecular formula is C21H24N2O5S. The van der Waals surface area contributed by atoms with Crippen molar-refractivity contribution in [3.05, 3.63) is 45.8 Å². The third kappa shape index (κ3) is 4.95. The molecule has 1 heterocycles. The lowest BCUT2D eigenvalue weighted by Gasteiger charge is -2.10. The van der Waals surface area contributed by atoms with E-state index in [0.29, 0.717) is 21.9 Å². The number of rotatable bonds is 5. The van der Waals surface area contributed by atoms with Crippen LogP contribution >= 0.6 is 11.3 Å². The summed E-state index contributed by atoms with van der Waals surface area (Å²) in [5, 5.41) is 5.56. The van der Waals surface area contributed by atoms with E-state index >= 15 is 0 Å². The molecule has 2 N–H and O–H groups in total. The fourth-order valence-corrected chi connectivity index (χ4v) is 4.61. The Morgan fingerprint density at radius 2 is 1.90 bits per heavy atom. The van der Waals surface area contributed by atoms with Crippen molar-refractivity contribution in [2.24, 2.45) is 0 Å². The van der Waals surface area contributed by atoms with E-state index in [1.807, 2.05) is 0 Å². The molecule has 1 aliphatic carbocycles. The van der Waals surface area contributed by atoms with Crippen LogP contribution in [0, 0.1) is 0 Å². The first kappa shape index (κ1) is 20.9. The number of hydrogen-bond acceptors (Lipinski definition) is 6. The predicted octanol–water partition coefficient (Wildman–Crippen LogP) is 4.16. The van der Waals surface area contributed by atoms with Gasteiger partial charge in [0.05, 0.1) is 19.3 Å². The summed E-state index contributed by atoms with van der Waals surface area (Å²) in [7, 11) is 1.53. The number of imide groups is 1. The molecule has 0 saturated carbocycles. The monoisotopic (exact) mass is 416 g/mol. The minimum atomic E-state index is -0.795. The molecule has 1 aromatic carbocycles. The molecule has 0 aliphatic heterocycles. The maximum Gasteiger partial charge on any atom is 0.414 e. The first-order valence-electron chi connectivity index (χ1n) is 9.61. The summed E-state index contributed by atoms with van der Waals surface area (Å²) >= 11 is 1.40. The van der Waals surface area contributed by atoms with E-state index in [0.717, 1.165) is 42.5 Å². The van der Waals surface area contributed by atoms with Crippen LogP contribution in [0.25, 0.3) is 0 Å². The first-order valence-corrected chi connectivity index (χ1v) is 10.4. The molecule has 0 spiro atoms. The molecule has 0 atom stereocenters.